The van der Waals surface area contributed by atoms with Crippen LogP contribution in [0.1, 0.15) is 38.8 Å². The first-order valence-corrected chi connectivity index (χ1v) is 8.40. The number of pyridine rings is 1. The monoisotopic (exact) mass is 288 g/mol. The highest BCUT2D eigenvalue weighted by atomic mass is 15.3. The van der Waals surface area contributed by atoms with E-state index >= 15 is 0 Å². The lowest BCUT2D eigenvalue weighted by Gasteiger charge is -2.24. The summed E-state index contributed by atoms with van der Waals surface area (Å²) in [6.45, 7) is 10.1. The zero-order valence-electron chi connectivity index (χ0n) is 13.4. The molecule has 4 heteroatoms. The van der Waals surface area contributed by atoms with Crippen molar-refractivity contribution in [2.75, 3.05) is 31.1 Å². The molecule has 1 aromatic heterocycles. The maximum absolute atomic E-state index is 4.83. The van der Waals surface area contributed by atoms with Gasteiger partial charge in [-0.1, -0.05) is 19.9 Å². The van der Waals surface area contributed by atoms with E-state index in [1.54, 1.807) is 0 Å². The smallest absolute Gasteiger partial charge is 0.128 e. The molecule has 4 nitrogen and oxygen atoms in total. The lowest BCUT2D eigenvalue weighted by atomic mass is 10.2. The standard InChI is InChI=1S/C17H28N4/c1-14(2)18-12-15-6-5-7-17(19-15)21-11-8-16(13-21)20-9-3-4-10-20/h5-7,14,16,18H,3-4,8-13H2,1-2H3. The Labute approximate surface area is 128 Å². The van der Waals surface area contributed by atoms with Crippen LogP contribution in [-0.4, -0.2) is 48.1 Å². The summed E-state index contributed by atoms with van der Waals surface area (Å²) >= 11 is 0. The third-order valence-electron chi connectivity index (χ3n) is 4.63. The van der Waals surface area contributed by atoms with E-state index in [1.165, 1.54) is 32.4 Å². The highest BCUT2D eigenvalue weighted by molar-refractivity contribution is 5.41. The molecule has 1 aromatic rings. The molecule has 3 rings (SSSR count). The van der Waals surface area contributed by atoms with Crippen LogP contribution in [0.15, 0.2) is 18.2 Å². The van der Waals surface area contributed by atoms with Crippen LogP contribution in [0.3, 0.4) is 0 Å². The fraction of sp³-hybridized carbons (Fsp3) is 0.706. The van der Waals surface area contributed by atoms with Gasteiger partial charge in [-0.3, -0.25) is 4.90 Å². The van der Waals surface area contributed by atoms with E-state index in [0.29, 0.717) is 6.04 Å². The first-order chi connectivity index (χ1) is 10.2. The number of likely N-dealkylation sites (tertiary alicyclic amines) is 1. The van der Waals surface area contributed by atoms with E-state index in [-0.39, 0.29) is 0 Å². The normalized spacial score (nSPS) is 23.4. The summed E-state index contributed by atoms with van der Waals surface area (Å²) in [4.78, 5) is 9.96. The van der Waals surface area contributed by atoms with Crippen LogP contribution >= 0.6 is 0 Å². The lowest BCUT2D eigenvalue weighted by molar-refractivity contribution is 0.260. The summed E-state index contributed by atoms with van der Waals surface area (Å²) in [5.74, 6) is 1.15. The number of rotatable bonds is 5. The third-order valence-corrected chi connectivity index (χ3v) is 4.63. The number of nitrogens with one attached hydrogen (secondary N) is 1. The van der Waals surface area contributed by atoms with Gasteiger partial charge >= 0.3 is 0 Å². The van der Waals surface area contributed by atoms with E-state index in [9.17, 15) is 0 Å². The number of nitrogens with zero attached hydrogens (tertiary/aromatic N) is 3. The zero-order valence-corrected chi connectivity index (χ0v) is 13.4. The molecule has 0 saturated carbocycles. The molecule has 0 aromatic carbocycles. The summed E-state index contributed by atoms with van der Waals surface area (Å²) in [7, 11) is 0. The predicted octanol–water partition coefficient (Wildman–Crippen LogP) is 2.25. The fourth-order valence-corrected chi connectivity index (χ4v) is 3.40. The molecule has 0 bridgehead atoms. The van der Waals surface area contributed by atoms with E-state index in [4.69, 9.17) is 4.98 Å². The van der Waals surface area contributed by atoms with Gasteiger partial charge in [0, 0.05) is 31.7 Å². The van der Waals surface area contributed by atoms with Crippen molar-refractivity contribution < 1.29 is 0 Å². The molecular formula is C17H28N4. The van der Waals surface area contributed by atoms with Gasteiger partial charge in [-0.05, 0) is 44.5 Å². The van der Waals surface area contributed by atoms with Crippen LogP contribution < -0.4 is 10.2 Å². The van der Waals surface area contributed by atoms with Gasteiger partial charge in [-0.15, -0.1) is 0 Å². The molecule has 1 N–H and O–H groups in total. The minimum absolute atomic E-state index is 0.502. The molecule has 116 valence electrons. The highest BCUT2D eigenvalue weighted by Crippen LogP contribution is 2.24. The van der Waals surface area contributed by atoms with Gasteiger partial charge in [0.15, 0.2) is 0 Å². The molecule has 1 atom stereocenters. The van der Waals surface area contributed by atoms with Crippen LogP contribution in [0.5, 0.6) is 0 Å². The minimum atomic E-state index is 0.502. The molecule has 2 fully saturated rings. The van der Waals surface area contributed by atoms with Crippen molar-refractivity contribution in [3.05, 3.63) is 23.9 Å². The Morgan fingerprint density at radius 1 is 1.24 bits per heavy atom. The molecule has 2 saturated heterocycles. The van der Waals surface area contributed by atoms with Crippen LogP contribution in [0, 0.1) is 0 Å². The Bertz CT molecular complexity index is 454. The van der Waals surface area contributed by atoms with Gasteiger partial charge in [0.05, 0.1) is 5.69 Å². The Morgan fingerprint density at radius 3 is 2.81 bits per heavy atom. The van der Waals surface area contributed by atoms with E-state index in [0.717, 1.165) is 37.2 Å². The van der Waals surface area contributed by atoms with E-state index in [1.807, 2.05) is 0 Å². The molecule has 0 radical (unpaired) electrons. The molecule has 3 heterocycles. The molecule has 0 aliphatic carbocycles. The number of hydrogen-bond acceptors (Lipinski definition) is 4. The van der Waals surface area contributed by atoms with Gasteiger partial charge in [0.25, 0.3) is 0 Å². The van der Waals surface area contributed by atoms with Crippen LogP contribution in [0.25, 0.3) is 0 Å². The summed E-state index contributed by atoms with van der Waals surface area (Å²) in [6, 6.07) is 7.66. The molecule has 2 aliphatic heterocycles. The minimum Gasteiger partial charge on any atom is -0.355 e. The largest absolute Gasteiger partial charge is 0.355 e. The van der Waals surface area contributed by atoms with Crippen molar-refractivity contribution in [1.29, 1.82) is 0 Å². The van der Waals surface area contributed by atoms with Crippen molar-refractivity contribution in [3.8, 4) is 0 Å². The SMILES string of the molecule is CC(C)NCc1cccc(N2CCC(N3CCCC3)C2)n1. The molecule has 0 amide bonds. The molecule has 21 heavy (non-hydrogen) atoms. The summed E-state index contributed by atoms with van der Waals surface area (Å²) in [6.07, 6.45) is 4.05. The van der Waals surface area contributed by atoms with E-state index in [2.05, 4.69) is 47.2 Å². The van der Waals surface area contributed by atoms with Gasteiger partial charge < -0.3 is 10.2 Å². The van der Waals surface area contributed by atoms with Gasteiger partial charge in [0.2, 0.25) is 0 Å². The van der Waals surface area contributed by atoms with Gasteiger partial charge in [-0.25, -0.2) is 4.98 Å². The van der Waals surface area contributed by atoms with E-state index < -0.39 is 0 Å². The second-order valence-corrected chi connectivity index (χ2v) is 6.65. The van der Waals surface area contributed by atoms with Crippen molar-refractivity contribution in [2.24, 2.45) is 0 Å². The average molecular weight is 288 g/mol. The first kappa shape index (κ1) is 14.8. The van der Waals surface area contributed by atoms with Crippen molar-refractivity contribution >= 4 is 5.82 Å². The zero-order chi connectivity index (χ0) is 14.7. The molecule has 1 unspecified atom stereocenters. The fourth-order valence-electron chi connectivity index (χ4n) is 3.40. The quantitative estimate of drug-likeness (QED) is 0.900. The Balaban J connectivity index is 1.60. The second kappa shape index (κ2) is 6.75. The van der Waals surface area contributed by atoms with Gasteiger partial charge in [0.1, 0.15) is 5.82 Å². The predicted molar refractivity (Wildman–Crippen MR) is 87.6 cm³/mol. The average Bonchev–Trinajstić information content (AvgIpc) is 3.16. The van der Waals surface area contributed by atoms with Crippen molar-refractivity contribution in [3.63, 3.8) is 0 Å². The number of anilines is 1. The van der Waals surface area contributed by atoms with Crippen molar-refractivity contribution in [2.45, 2.75) is 51.7 Å². The lowest BCUT2D eigenvalue weighted by Crippen LogP contribution is -2.35. The summed E-state index contributed by atoms with van der Waals surface area (Å²) in [5, 5.41) is 3.44. The summed E-state index contributed by atoms with van der Waals surface area (Å²) < 4.78 is 0. The van der Waals surface area contributed by atoms with Gasteiger partial charge in [-0.2, -0.15) is 0 Å². The Morgan fingerprint density at radius 2 is 2.05 bits per heavy atom. The molecule has 0 spiro atoms. The first-order valence-electron chi connectivity index (χ1n) is 8.40. The van der Waals surface area contributed by atoms with Crippen molar-refractivity contribution in [1.82, 2.24) is 15.2 Å². The Kier molecular flexibility index (Phi) is 4.76. The summed E-state index contributed by atoms with van der Waals surface area (Å²) in [5.41, 5.74) is 1.14. The number of hydrogen-bond donors (Lipinski definition) is 1. The third kappa shape index (κ3) is 3.74. The van der Waals surface area contributed by atoms with Crippen LogP contribution in [0.4, 0.5) is 5.82 Å². The highest BCUT2D eigenvalue weighted by Gasteiger charge is 2.29. The van der Waals surface area contributed by atoms with Crippen LogP contribution in [-0.2, 0) is 6.54 Å². The maximum atomic E-state index is 4.83. The maximum Gasteiger partial charge on any atom is 0.128 e. The second-order valence-electron chi connectivity index (χ2n) is 6.65. The molecular weight excluding hydrogens is 260 g/mol. The molecule has 2 aliphatic rings. The van der Waals surface area contributed by atoms with Crippen LogP contribution in [0.2, 0.25) is 0 Å². The Hall–Kier alpha value is -1.13. The topological polar surface area (TPSA) is 31.4 Å². The number of aromatic nitrogens is 1.